The van der Waals surface area contributed by atoms with Gasteiger partial charge in [0.05, 0.1) is 7.11 Å². The molecular weight excluding hydrogens is 288 g/mol. The standard InChI is InChI=1S/C17H17ClO3/c1-19-17-8-12(10-18)6-7-16(17)20-11-14-9-13-4-2-3-5-15(13)21-14/h2-8,14H,9-11H2,1H3. The quantitative estimate of drug-likeness (QED) is 0.786. The second-order valence-corrected chi connectivity index (χ2v) is 5.25. The molecule has 1 unspecified atom stereocenters. The molecule has 3 rings (SSSR count). The van der Waals surface area contributed by atoms with E-state index in [0.717, 1.165) is 17.7 Å². The average Bonchev–Trinajstić information content (AvgIpc) is 2.95. The fourth-order valence-electron chi connectivity index (χ4n) is 2.44. The van der Waals surface area contributed by atoms with Gasteiger partial charge in [0.25, 0.3) is 0 Å². The van der Waals surface area contributed by atoms with Gasteiger partial charge in [-0.15, -0.1) is 11.6 Å². The number of halogens is 1. The molecule has 2 aromatic carbocycles. The lowest BCUT2D eigenvalue weighted by Gasteiger charge is -2.15. The number of rotatable bonds is 5. The first kappa shape index (κ1) is 14.1. The largest absolute Gasteiger partial charge is 0.493 e. The monoisotopic (exact) mass is 304 g/mol. The van der Waals surface area contributed by atoms with Crippen LogP contribution in [0.3, 0.4) is 0 Å². The van der Waals surface area contributed by atoms with Crippen molar-refractivity contribution in [1.29, 1.82) is 0 Å². The van der Waals surface area contributed by atoms with E-state index in [4.69, 9.17) is 25.8 Å². The second-order valence-electron chi connectivity index (χ2n) is 4.98. The minimum atomic E-state index is 0.0415. The second kappa shape index (κ2) is 6.27. The van der Waals surface area contributed by atoms with Crippen LogP contribution in [0.1, 0.15) is 11.1 Å². The van der Waals surface area contributed by atoms with E-state index < -0.39 is 0 Å². The fourth-order valence-corrected chi connectivity index (χ4v) is 2.61. The van der Waals surface area contributed by atoms with Crippen molar-refractivity contribution in [3.05, 3.63) is 53.6 Å². The fraction of sp³-hybridized carbons (Fsp3) is 0.294. The highest BCUT2D eigenvalue weighted by Gasteiger charge is 2.23. The zero-order valence-corrected chi connectivity index (χ0v) is 12.6. The molecule has 1 atom stereocenters. The van der Waals surface area contributed by atoms with Gasteiger partial charge in [0.15, 0.2) is 11.5 Å². The molecule has 4 heteroatoms. The van der Waals surface area contributed by atoms with E-state index in [1.807, 2.05) is 36.4 Å². The molecule has 0 radical (unpaired) electrons. The maximum absolute atomic E-state index is 5.86. The van der Waals surface area contributed by atoms with E-state index in [-0.39, 0.29) is 6.10 Å². The number of alkyl halides is 1. The topological polar surface area (TPSA) is 27.7 Å². The Morgan fingerprint density at radius 3 is 2.81 bits per heavy atom. The van der Waals surface area contributed by atoms with Crippen molar-refractivity contribution in [2.75, 3.05) is 13.7 Å². The first-order chi connectivity index (χ1) is 10.3. The number of hydrogen-bond donors (Lipinski definition) is 0. The van der Waals surface area contributed by atoms with Crippen molar-refractivity contribution in [3.8, 4) is 17.2 Å². The number of hydrogen-bond acceptors (Lipinski definition) is 3. The van der Waals surface area contributed by atoms with Gasteiger partial charge in [0.1, 0.15) is 18.5 Å². The Balaban J connectivity index is 1.64. The highest BCUT2D eigenvalue weighted by molar-refractivity contribution is 6.17. The summed E-state index contributed by atoms with van der Waals surface area (Å²) >= 11 is 5.82. The Morgan fingerprint density at radius 2 is 2.05 bits per heavy atom. The molecule has 0 aliphatic carbocycles. The van der Waals surface area contributed by atoms with E-state index in [9.17, 15) is 0 Å². The Morgan fingerprint density at radius 1 is 1.19 bits per heavy atom. The SMILES string of the molecule is COc1cc(CCl)ccc1OCC1Cc2ccccc2O1. The van der Waals surface area contributed by atoms with Crippen LogP contribution >= 0.6 is 11.6 Å². The number of methoxy groups -OCH3 is 1. The van der Waals surface area contributed by atoms with E-state index in [1.165, 1.54) is 5.56 Å². The maximum Gasteiger partial charge on any atom is 0.161 e. The van der Waals surface area contributed by atoms with Crippen LogP contribution in [-0.4, -0.2) is 19.8 Å². The molecule has 21 heavy (non-hydrogen) atoms. The molecule has 0 bridgehead atoms. The Kier molecular flexibility index (Phi) is 4.20. The number of para-hydroxylation sites is 1. The van der Waals surface area contributed by atoms with E-state index >= 15 is 0 Å². The van der Waals surface area contributed by atoms with Crippen molar-refractivity contribution in [2.24, 2.45) is 0 Å². The molecule has 0 saturated carbocycles. The third-order valence-corrected chi connectivity index (χ3v) is 3.83. The lowest BCUT2D eigenvalue weighted by atomic mass is 10.1. The zero-order valence-electron chi connectivity index (χ0n) is 11.8. The lowest BCUT2D eigenvalue weighted by Crippen LogP contribution is -2.22. The summed E-state index contributed by atoms with van der Waals surface area (Å²) in [6, 6.07) is 13.8. The van der Waals surface area contributed by atoms with Gasteiger partial charge in [-0.05, 0) is 29.3 Å². The molecule has 110 valence electrons. The first-order valence-corrected chi connectivity index (χ1v) is 7.44. The van der Waals surface area contributed by atoms with Gasteiger partial charge in [-0.3, -0.25) is 0 Å². The first-order valence-electron chi connectivity index (χ1n) is 6.90. The van der Waals surface area contributed by atoms with Crippen molar-refractivity contribution in [3.63, 3.8) is 0 Å². The predicted octanol–water partition coefficient (Wildman–Crippen LogP) is 3.82. The predicted molar refractivity (Wildman–Crippen MR) is 82.6 cm³/mol. The summed E-state index contributed by atoms with van der Waals surface area (Å²) in [5.41, 5.74) is 2.24. The number of ether oxygens (including phenoxy) is 3. The number of fused-ring (bicyclic) bond motifs is 1. The van der Waals surface area contributed by atoms with Crippen molar-refractivity contribution >= 4 is 11.6 Å². The summed E-state index contributed by atoms with van der Waals surface area (Å²) in [5, 5.41) is 0. The lowest BCUT2D eigenvalue weighted by molar-refractivity contribution is 0.145. The molecule has 1 aliphatic heterocycles. The van der Waals surface area contributed by atoms with Crippen LogP contribution < -0.4 is 14.2 Å². The highest BCUT2D eigenvalue weighted by atomic mass is 35.5. The summed E-state index contributed by atoms with van der Waals surface area (Å²) in [6.45, 7) is 0.491. The summed E-state index contributed by atoms with van der Waals surface area (Å²) in [6.07, 6.45) is 0.915. The van der Waals surface area contributed by atoms with Crippen LogP contribution in [0, 0.1) is 0 Å². The molecule has 0 saturated heterocycles. The van der Waals surface area contributed by atoms with Crippen molar-refractivity contribution in [1.82, 2.24) is 0 Å². The van der Waals surface area contributed by atoms with Gasteiger partial charge < -0.3 is 14.2 Å². The van der Waals surface area contributed by atoms with Crippen LogP contribution in [0.5, 0.6) is 17.2 Å². The van der Waals surface area contributed by atoms with E-state index in [0.29, 0.717) is 24.0 Å². The molecule has 0 fully saturated rings. The van der Waals surface area contributed by atoms with Gasteiger partial charge >= 0.3 is 0 Å². The third-order valence-electron chi connectivity index (χ3n) is 3.52. The van der Waals surface area contributed by atoms with Gasteiger partial charge in [0.2, 0.25) is 0 Å². The smallest absolute Gasteiger partial charge is 0.161 e. The molecule has 0 spiro atoms. The molecule has 1 heterocycles. The third kappa shape index (κ3) is 3.08. The van der Waals surface area contributed by atoms with E-state index in [2.05, 4.69) is 6.07 Å². The molecule has 1 aliphatic rings. The zero-order chi connectivity index (χ0) is 14.7. The summed E-state index contributed by atoms with van der Waals surface area (Å²) in [7, 11) is 1.63. The van der Waals surface area contributed by atoms with Crippen LogP contribution in [0.2, 0.25) is 0 Å². The molecular formula is C17H17ClO3. The summed E-state index contributed by atoms with van der Waals surface area (Å²) in [5.74, 6) is 2.82. The van der Waals surface area contributed by atoms with Crippen LogP contribution in [0.4, 0.5) is 0 Å². The highest BCUT2D eigenvalue weighted by Crippen LogP contribution is 2.31. The van der Waals surface area contributed by atoms with Gasteiger partial charge in [-0.1, -0.05) is 24.3 Å². The Hall–Kier alpha value is -1.87. The molecule has 2 aromatic rings. The van der Waals surface area contributed by atoms with Crippen molar-refractivity contribution in [2.45, 2.75) is 18.4 Å². The van der Waals surface area contributed by atoms with Gasteiger partial charge in [-0.25, -0.2) is 0 Å². The molecule has 0 aromatic heterocycles. The summed E-state index contributed by atoms with van der Waals surface area (Å²) in [4.78, 5) is 0. The normalized spacial score (nSPS) is 16.2. The van der Waals surface area contributed by atoms with Crippen LogP contribution in [0.15, 0.2) is 42.5 Å². The van der Waals surface area contributed by atoms with Crippen molar-refractivity contribution < 1.29 is 14.2 Å². The average molecular weight is 305 g/mol. The minimum absolute atomic E-state index is 0.0415. The molecule has 0 amide bonds. The van der Waals surface area contributed by atoms with Gasteiger partial charge in [0, 0.05) is 12.3 Å². The van der Waals surface area contributed by atoms with E-state index in [1.54, 1.807) is 7.11 Å². The summed E-state index contributed by atoms with van der Waals surface area (Å²) < 4.78 is 17.1. The maximum atomic E-state index is 5.86. The van der Waals surface area contributed by atoms with Gasteiger partial charge in [-0.2, -0.15) is 0 Å². The minimum Gasteiger partial charge on any atom is -0.493 e. The van der Waals surface area contributed by atoms with Crippen LogP contribution in [0.25, 0.3) is 0 Å². The Bertz CT molecular complexity index is 602. The molecule has 0 N–H and O–H groups in total. The van der Waals surface area contributed by atoms with Crippen LogP contribution in [-0.2, 0) is 12.3 Å². The Labute approximate surface area is 129 Å². The molecule has 3 nitrogen and oxygen atoms in total. The number of benzene rings is 2.